The van der Waals surface area contributed by atoms with E-state index in [1.54, 1.807) is 0 Å². The number of halogens is 3. The van der Waals surface area contributed by atoms with Crippen molar-refractivity contribution in [2.24, 2.45) is 11.8 Å². The molecule has 1 amide bonds. The van der Waals surface area contributed by atoms with E-state index in [0.717, 1.165) is 18.7 Å². The molecule has 6 heteroatoms. The van der Waals surface area contributed by atoms with E-state index in [9.17, 15) is 18.0 Å². The summed E-state index contributed by atoms with van der Waals surface area (Å²) in [4.78, 5) is 14.8. The van der Waals surface area contributed by atoms with Crippen LogP contribution in [0.5, 0.6) is 0 Å². The molecule has 3 rings (SSSR count). The zero-order valence-corrected chi connectivity index (χ0v) is 16.6. The van der Waals surface area contributed by atoms with Gasteiger partial charge in [0.15, 0.2) is 0 Å². The predicted octanol–water partition coefficient (Wildman–Crippen LogP) is 5.05. The van der Waals surface area contributed by atoms with Crippen LogP contribution in [0.2, 0.25) is 0 Å². The Labute approximate surface area is 165 Å². The van der Waals surface area contributed by atoms with Gasteiger partial charge in [-0.1, -0.05) is 37.1 Å². The number of nitrogens with one attached hydrogen (secondary N) is 1. The lowest BCUT2D eigenvalue weighted by molar-refractivity contribution is -0.186. The number of rotatable bonds is 5. The van der Waals surface area contributed by atoms with Gasteiger partial charge in [-0.3, -0.25) is 9.69 Å². The van der Waals surface area contributed by atoms with Crippen LogP contribution in [-0.4, -0.2) is 29.6 Å². The van der Waals surface area contributed by atoms with Gasteiger partial charge in [0.1, 0.15) is 0 Å². The Morgan fingerprint density at radius 2 is 1.79 bits per heavy atom. The first-order valence-corrected chi connectivity index (χ1v) is 10.5. The summed E-state index contributed by atoms with van der Waals surface area (Å²) in [7, 11) is 0. The summed E-state index contributed by atoms with van der Waals surface area (Å²) < 4.78 is 38.8. The van der Waals surface area contributed by atoms with Gasteiger partial charge in [-0.15, -0.1) is 0 Å². The third kappa shape index (κ3) is 5.72. The van der Waals surface area contributed by atoms with E-state index in [1.165, 1.54) is 24.8 Å². The van der Waals surface area contributed by atoms with Gasteiger partial charge < -0.3 is 5.32 Å². The molecule has 1 aliphatic carbocycles. The number of likely N-dealkylation sites (tertiary alicyclic amines) is 1. The average Bonchev–Trinajstić information content (AvgIpc) is 2.68. The van der Waals surface area contributed by atoms with Crippen molar-refractivity contribution in [2.75, 3.05) is 6.54 Å². The maximum absolute atomic E-state index is 12.9. The first-order chi connectivity index (χ1) is 13.3. The Morgan fingerprint density at radius 3 is 2.46 bits per heavy atom. The molecule has 1 aromatic rings. The van der Waals surface area contributed by atoms with Crippen molar-refractivity contribution in [3.05, 3.63) is 35.4 Å². The first kappa shape index (κ1) is 21.2. The smallest absolute Gasteiger partial charge is 0.352 e. The highest BCUT2D eigenvalue weighted by Crippen LogP contribution is 2.39. The van der Waals surface area contributed by atoms with E-state index in [2.05, 4.69) is 29.3 Å². The highest BCUT2D eigenvalue weighted by molar-refractivity contribution is 5.78. The quantitative estimate of drug-likeness (QED) is 0.756. The molecule has 1 aliphatic heterocycles. The zero-order chi connectivity index (χ0) is 20.1. The highest BCUT2D eigenvalue weighted by atomic mass is 19.4. The standard InChI is InChI=1S/C22H31F3N2O/c1-16-5-2-3-12-27(16)15-18-10-8-17(9-11-18)14-26-21(28)19-6-4-7-20(13-19)22(23,24)25/h8-11,16,19-20H,2-7,12-15H2,1H3,(H,26,28). The van der Waals surface area contributed by atoms with Gasteiger partial charge >= 0.3 is 6.18 Å². The summed E-state index contributed by atoms with van der Waals surface area (Å²) in [6.45, 7) is 4.72. The number of amides is 1. The maximum atomic E-state index is 12.9. The second-order valence-electron chi connectivity index (χ2n) is 8.45. The molecule has 0 bridgehead atoms. The Bertz CT molecular complexity index is 644. The Kier molecular flexibility index (Phi) is 7.02. The minimum absolute atomic E-state index is 0.0811. The van der Waals surface area contributed by atoms with Crippen molar-refractivity contribution in [1.29, 1.82) is 0 Å². The van der Waals surface area contributed by atoms with Gasteiger partial charge in [-0.05, 0) is 56.7 Å². The lowest BCUT2D eigenvalue weighted by atomic mass is 9.80. The fraction of sp³-hybridized carbons (Fsp3) is 0.682. The first-order valence-electron chi connectivity index (χ1n) is 10.5. The van der Waals surface area contributed by atoms with E-state index in [1.807, 2.05) is 12.1 Å². The van der Waals surface area contributed by atoms with E-state index < -0.39 is 18.0 Å². The fourth-order valence-electron chi connectivity index (χ4n) is 4.45. The molecular weight excluding hydrogens is 365 g/mol. The summed E-state index contributed by atoms with van der Waals surface area (Å²) in [5.41, 5.74) is 2.23. The molecule has 3 unspecified atom stereocenters. The molecule has 1 saturated heterocycles. The van der Waals surface area contributed by atoms with E-state index in [-0.39, 0.29) is 18.7 Å². The Balaban J connectivity index is 1.47. The van der Waals surface area contributed by atoms with Gasteiger partial charge in [0, 0.05) is 25.0 Å². The molecule has 0 radical (unpaired) electrons. The fourth-order valence-corrected chi connectivity index (χ4v) is 4.45. The molecule has 1 heterocycles. The molecule has 3 nitrogen and oxygen atoms in total. The van der Waals surface area contributed by atoms with Crippen LogP contribution >= 0.6 is 0 Å². The van der Waals surface area contributed by atoms with Gasteiger partial charge in [0.25, 0.3) is 0 Å². The molecule has 2 fully saturated rings. The van der Waals surface area contributed by atoms with Crippen LogP contribution in [0.4, 0.5) is 13.2 Å². The topological polar surface area (TPSA) is 32.3 Å². The van der Waals surface area contributed by atoms with Gasteiger partial charge in [-0.2, -0.15) is 13.2 Å². The van der Waals surface area contributed by atoms with E-state index >= 15 is 0 Å². The summed E-state index contributed by atoms with van der Waals surface area (Å²) in [5.74, 6) is -2.12. The Hall–Kier alpha value is -1.56. The van der Waals surface area contributed by atoms with Crippen LogP contribution in [-0.2, 0) is 17.9 Å². The lowest BCUT2D eigenvalue weighted by Crippen LogP contribution is -2.37. The summed E-state index contributed by atoms with van der Waals surface area (Å²) in [5, 5.41) is 2.83. The Morgan fingerprint density at radius 1 is 1.07 bits per heavy atom. The van der Waals surface area contributed by atoms with E-state index in [0.29, 0.717) is 25.4 Å². The van der Waals surface area contributed by atoms with Crippen LogP contribution in [0, 0.1) is 11.8 Å². The lowest BCUT2D eigenvalue weighted by Gasteiger charge is -2.33. The normalized spacial score (nSPS) is 26.8. The average molecular weight is 396 g/mol. The largest absolute Gasteiger partial charge is 0.391 e. The minimum Gasteiger partial charge on any atom is -0.352 e. The molecule has 0 aromatic heterocycles. The molecule has 0 spiro atoms. The number of hydrogen-bond donors (Lipinski definition) is 1. The van der Waals surface area contributed by atoms with Crippen molar-refractivity contribution in [3.8, 4) is 0 Å². The number of piperidine rings is 1. The van der Waals surface area contributed by atoms with E-state index in [4.69, 9.17) is 0 Å². The number of carbonyl (C=O) groups excluding carboxylic acids is 1. The molecular formula is C22H31F3N2O. The van der Waals surface area contributed by atoms with Crippen molar-refractivity contribution in [1.82, 2.24) is 10.2 Å². The van der Waals surface area contributed by atoms with Crippen molar-refractivity contribution in [3.63, 3.8) is 0 Å². The minimum atomic E-state index is -4.19. The number of alkyl halides is 3. The molecule has 28 heavy (non-hydrogen) atoms. The number of benzene rings is 1. The monoisotopic (exact) mass is 396 g/mol. The zero-order valence-electron chi connectivity index (χ0n) is 16.6. The van der Waals surface area contributed by atoms with Crippen LogP contribution in [0.25, 0.3) is 0 Å². The van der Waals surface area contributed by atoms with Crippen LogP contribution in [0.3, 0.4) is 0 Å². The van der Waals surface area contributed by atoms with Crippen LogP contribution in [0.15, 0.2) is 24.3 Å². The molecule has 2 aliphatic rings. The second-order valence-corrected chi connectivity index (χ2v) is 8.45. The van der Waals surface area contributed by atoms with Crippen LogP contribution in [0.1, 0.15) is 63.0 Å². The molecule has 3 atom stereocenters. The van der Waals surface area contributed by atoms with Gasteiger partial charge in [0.2, 0.25) is 5.91 Å². The molecule has 1 aromatic carbocycles. The van der Waals surface area contributed by atoms with Gasteiger partial charge in [0.05, 0.1) is 5.92 Å². The molecule has 156 valence electrons. The summed E-state index contributed by atoms with van der Waals surface area (Å²) in [6, 6.07) is 8.79. The number of hydrogen-bond acceptors (Lipinski definition) is 2. The molecule has 1 saturated carbocycles. The third-order valence-corrected chi connectivity index (χ3v) is 6.32. The summed E-state index contributed by atoms with van der Waals surface area (Å²) >= 11 is 0. The van der Waals surface area contributed by atoms with Crippen molar-refractivity contribution < 1.29 is 18.0 Å². The predicted molar refractivity (Wildman–Crippen MR) is 104 cm³/mol. The second kappa shape index (κ2) is 9.29. The SMILES string of the molecule is CC1CCCCN1Cc1ccc(CNC(=O)C2CCCC(C(F)(F)F)C2)cc1. The maximum Gasteiger partial charge on any atom is 0.391 e. The van der Waals surface area contributed by atoms with Crippen molar-refractivity contribution >= 4 is 5.91 Å². The van der Waals surface area contributed by atoms with Crippen molar-refractivity contribution in [2.45, 2.75) is 77.2 Å². The molecule has 1 N–H and O–H groups in total. The number of nitrogens with zero attached hydrogens (tertiary/aromatic N) is 1. The van der Waals surface area contributed by atoms with Crippen LogP contribution < -0.4 is 5.32 Å². The summed E-state index contributed by atoms with van der Waals surface area (Å²) in [6.07, 6.45) is 0.691. The van der Waals surface area contributed by atoms with Gasteiger partial charge in [-0.25, -0.2) is 0 Å². The highest BCUT2D eigenvalue weighted by Gasteiger charge is 2.43. The number of carbonyl (C=O) groups is 1. The third-order valence-electron chi connectivity index (χ3n) is 6.32.